The van der Waals surface area contributed by atoms with Gasteiger partial charge < -0.3 is 0 Å². The number of anilines is 1. The maximum Gasteiger partial charge on any atom is 0.296 e. The zero-order valence-corrected chi connectivity index (χ0v) is 8.64. The third-order valence-electron chi connectivity index (χ3n) is 1.03. The first-order valence-electron chi connectivity index (χ1n) is 3.31. The first-order valence-corrected chi connectivity index (χ1v) is 5.61. The summed E-state index contributed by atoms with van der Waals surface area (Å²) in [5.41, 5.74) is 0.468. The molecule has 1 aromatic carbocycles. The molecule has 0 saturated heterocycles. The van der Waals surface area contributed by atoms with Crippen molar-refractivity contribution in [2.45, 2.75) is 0 Å². The van der Waals surface area contributed by atoms with Crippen molar-refractivity contribution in [1.29, 1.82) is 0 Å². The lowest BCUT2D eigenvalue weighted by atomic mass is 10.3. The zero-order valence-electron chi connectivity index (χ0n) is 7.07. The molecule has 0 aromatic heterocycles. The second kappa shape index (κ2) is 5.80. The first-order chi connectivity index (χ1) is 6.08. The molecule has 0 aliphatic heterocycles. The van der Waals surface area contributed by atoms with Crippen LogP contribution in [0.5, 0.6) is 0 Å². The number of benzene rings is 1. The average Bonchev–Trinajstić information content (AvgIpc) is 2.07. The molecule has 13 heavy (non-hydrogen) atoms. The second-order valence-electron chi connectivity index (χ2n) is 2.01. The van der Waals surface area contributed by atoms with Crippen molar-refractivity contribution < 1.29 is 8.42 Å². The van der Waals surface area contributed by atoms with E-state index in [1.54, 1.807) is 30.3 Å². The van der Waals surface area contributed by atoms with Gasteiger partial charge in [-0.1, -0.05) is 18.2 Å². The number of halogens is 1. The number of nitrogens with one attached hydrogen (secondary N) is 1. The van der Waals surface area contributed by atoms with E-state index < -0.39 is 10.2 Å². The van der Waals surface area contributed by atoms with Gasteiger partial charge in [0.15, 0.2) is 0 Å². The van der Waals surface area contributed by atoms with Crippen LogP contribution in [0, 0.1) is 0 Å². The minimum atomic E-state index is -3.63. The van der Waals surface area contributed by atoms with E-state index >= 15 is 0 Å². The van der Waals surface area contributed by atoms with E-state index in [0.717, 1.165) is 0 Å². The molecular formula is C7H11ClN2O2S. The van der Waals surface area contributed by atoms with Crippen molar-refractivity contribution in [2.24, 2.45) is 5.14 Å². The number of hydrogen-bond acceptors (Lipinski definition) is 2. The molecule has 1 aromatic rings. The van der Waals surface area contributed by atoms with Crippen LogP contribution in [-0.4, -0.2) is 14.8 Å². The predicted octanol–water partition coefficient (Wildman–Crippen LogP) is 1.16. The van der Waals surface area contributed by atoms with Gasteiger partial charge >= 0.3 is 0 Å². The van der Waals surface area contributed by atoms with Crippen LogP contribution in [0.3, 0.4) is 0 Å². The number of para-hydroxylation sites is 1. The summed E-state index contributed by atoms with van der Waals surface area (Å²) >= 11 is 4.64. The SMILES string of the molecule is CCl.NS(=O)(=O)Nc1ccccc1. The summed E-state index contributed by atoms with van der Waals surface area (Å²) < 4.78 is 23.1. The van der Waals surface area contributed by atoms with Crippen LogP contribution in [0.1, 0.15) is 0 Å². The summed E-state index contributed by atoms with van der Waals surface area (Å²) in [7, 11) is -3.63. The van der Waals surface area contributed by atoms with Crippen molar-refractivity contribution in [2.75, 3.05) is 11.1 Å². The van der Waals surface area contributed by atoms with Crippen LogP contribution in [0.2, 0.25) is 0 Å². The minimum Gasteiger partial charge on any atom is -0.271 e. The summed E-state index contributed by atoms with van der Waals surface area (Å²) in [6, 6.07) is 8.45. The Morgan fingerprint density at radius 3 is 2.08 bits per heavy atom. The highest BCUT2D eigenvalue weighted by atomic mass is 35.5. The monoisotopic (exact) mass is 222 g/mol. The van der Waals surface area contributed by atoms with E-state index in [1.165, 1.54) is 6.38 Å². The molecule has 1 rings (SSSR count). The summed E-state index contributed by atoms with van der Waals surface area (Å²) in [6.45, 7) is 0. The lowest BCUT2D eigenvalue weighted by molar-refractivity contribution is 0.603. The van der Waals surface area contributed by atoms with Crippen LogP contribution >= 0.6 is 11.6 Å². The van der Waals surface area contributed by atoms with Gasteiger partial charge in [0.25, 0.3) is 10.2 Å². The molecule has 0 aliphatic carbocycles. The molecule has 0 heterocycles. The molecule has 0 fully saturated rings. The average molecular weight is 223 g/mol. The second-order valence-corrected chi connectivity index (χ2v) is 3.31. The normalized spacial score (nSPS) is 9.77. The van der Waals surface area contributed by atoms with Gasteiger partial charge in [-0.15, -0.1) is 11.6 Å². The summed E-state index contributed by atoms with van der Waals surface area (Å²) in [6.07, 6.45) is 1.47. The van der Waals surface area contributed by atoms with Gasteiger partial charge in [-0.25, -0.2) is 5.14 Å². The zero-order chi connectivity index (χ0) is 10.3. The third-order valence-corrected chi connectivity index (χ3v) is 1.55. The maximum absolute atomic E-state index is 10.5. The number of rotatable bonds is 2. The van der Waals surface area contributed by atoms with Gasteiger partial charge in [0, 0.05) is 12.1 Å². The van der Waals surface area contributed by atoms with Crippen LogP contribution < -0.4 is 9.86 Å². The molecule has 0 amide bonds. The summed E-state index contributed by atoms with van der Waals surface area (Å²) in [4.78, 5) is 0. The van der Waals surface area contributed by atoms with E-state index in [1.807, 2.05) is 0 Å². The molecule has 3 N–H and O–H groups in total. The predicted molar refractivity (Wildman–Crippen MR) is 54.9 cm³/mol. The molecule has 6 heteroatoms. The van der Waals surface area contributed by atoms with E-state index in [9.17, 15) is 8.42 Å². The highest BCUT2D eigenvalue weighted by molar-refractivity contribution is 7.90. The quantitative estimate of drug-likeness (QED) is 0.737. The highest BCUT2D eigenvalue weighted by Crippen LogP contribution is 2.04. The molecule has 0 aliphatic rings. The topological polar surface area (TPSA) is 72.2 Å². The van der Waals surface area contributed by atoms with Gasteiger partial charge in [0.05, 0.1) is 0 Å². The molecule has 74 valence electrons. The van der Waals surface area contributed by atoms with Crippen molar-refractivity contribution in [3.63, 3.8) is 0 Å². The Hall–Kier alpha value is -0.780. The van der Waals surface area contributed by atoms with Crippen LogP contribution in [0.4, 0.5) is 5.69 Å². The Bertz CT molecular complexity index is 326. The Kier molecular flexibility index (Phi) is 5.45. The first kappa shape index (κ1) is 12.2. The summed E-state index contributed by atoms with van der Waals surface area (Å²) in [5.74, 6) is 0. The maximum atomic E-state index is 10.5. The van der Waals surface area contributed by atoms with E-state index in [2.05, 4.69) is 16.3 Å². The van der Waals surface area contributed by atoms with Gasteiger partial charge in [0.2, 0.25) is 0 Å². The lowest BCUT2D eigenvalue weighted by Gasteiger charge is -2.00. The number of nitrogens with two attached hydrogens (primary N) is 1. The number of alkyl halides is 1. The Morgan fingerprint density at radius 1 is 1.23 bits per heavy atom. The third kappa shape index (κ3) is 6.39. The summed E-state index contributed by atoms with van der Waals surface area (Å²) in [5, 5.41) is 4.73. The minimum absolute atomic E-state index is 0.468. The van der Waals surface area contributed by atoms with Crippen LogP contribution in [0.25, 0.3) is 0 Å². The molecule has 0 bridgehead atoms. The Morgan fingerprint density at radius 2 is 1.69 bits per heavy atom. The van der Waals surface area contributed by atoms with Crippen molar-refractivity contribution in [1.82, 2.24) is 0 Å². The smallest absolute Gasteiger partial charge is 0.271 e. The fraction of sp³-hybridized carbons (Fsp3) is 0.143. The van der Waals surface area contributed by atoms with Gasteiger partial charge in [0.1, 0.15) is 0 Å². The Labute approximate surface area is 82.9 Å². The molecule has 4 nitrogen and oxygen atoms in total. The van der Waals surface area contributed by atoms with Crippen LogP contribution in [-0.2, 0) is 10.2 Å². The standard InChI is InChI=1S/C6H8N2O2S.CH3Cl/c7-11(9,10)8-6-4-2-1-3-5-6;1-2/h1-5,8H,(H2,7,9,10);1H3. The fourth-order valence-electron chi connectivity index (χ4n) is 0.670. The van der Waals surface area contributed by atoms with Crippen molar-refractivity contribution >= 4 is 27.5 Å². The molecule has 0 spiro atoms. The van der Waals surface area contributed by atoms with Crippen molar-refractivity contribution in [3.8, 4) is 0 Å². The molecule has 0 atom stereocenters. The molecule has 0 radical (unpaired) electrons. The molecule has 0 saturated carbocycles. The molecule has 0 unspecified atom stereocenters. The van der Waals surface area contributed by atoms with E-state index in [-0.39, 0.29) is 0 Å². The van der Waals surface area contributed by atoms with Crippen LogP contribution in [0.15, 0.2) is 30.3 Å². The Balaban J connectivity index is 0.000000671. The van der Waals surface area contributed by atoms with E-state index in [4.69, 9.17) is 5.14 Å². The van der Waals surface area contributed by atoms with Crippen molar-refractivity contribution in [3.05, 3.63) is 30.3 Å². The van der Waals surface area contributed by atoms with E-state index in [0.29, 0.717) is 5.69 Å². The van der Waals surface area contributed by atoms with Gasteiger partial charge in [-0.2, -0.15) is 8.42 Å². The molecular weight excluding hydrogens is 212 g/mol. The largest absolute Gasteiger partial charge is 0.296 e. The van der Waals surface area contributed by atoms with Gasteiger partial charge in [-0.3, -0.25) is 4.72 Å². The lowest BCUT2D eigenvalue weighted by Crippen LogP contribution is -2.21. The fourth-order valence-corrected chi connectivity index (χ4v) is 1.14. The van der Waals surface area contributed by atoms with Gasteiger partial charge in [-0.05, 0) is 12.1 Å². The number of hydrogen-bond donors (Lipinski definition) is 2. The highest BCUT2D eigenvalue weighted by Gasteiger charge is 1.98.